The molecular weight excluding hydrogens is 536 g/mol. The molecule has 9 rings (SSSR count). The quantitative estimate of drug-likeness (QED) is 0.173. The number of hydrogen-bond donors (Lipinski definition) is 0. The lowest BCUT2D eigenvalue weighted by atomic mass is 9.77. The first-order chi connectivity index (χ1) is 21.3. The summed E-state index contributed by atoms with van der Waals surface area (Å²) in [4.78, 5) is 14.2. The van der Waals surface area contributed by atoms with Crippen LogP contribution in [0.1, 0.15) is 33.4 Å². The van der Waals surface area contributed by atoms with Gasteiger partial charge in [-0.1, -0.05) is 109 Å². The van der Waals surface area contributed by atoms with Gasteiger partial charge in [-0.2, -0.15) is 0 Å². The molecule has 0 atom stereocenters. The van der Waals surface area contributed by atoms with Crippen molar-refractivity contribution in [2.45, 2.75) is 11.2 Å². The van der Waals surface area contributed by atoms with E-state index in [2.05, 4.69) is 0 Å². The highest BCUT2D eigenvalue weighted by atomic mass is 17.2. The second kappa shape index (κ2) is 9.07. The zero-order chi connectivity index (χ0) is 28.4. The van der Waals surface area contributed by atoms with Crippen LogP contribution in [0.4, 0.5) is 0 Å². The zero-order valence-corrected chi connectivity index (χ0v) is 22.9. The van der Waals surface area contributed by atoms with Crippen molar-refractivity contribution in [2.75, 3.05) is 0 Å². The number of fused-ring (bicyclic) bond motifs is 12. The third kappa shape index (κ3) is 3.29. The topological polar surface area (TPSA) is 46.2 Å². The van der Waals surface area contributed by atoms with Crippen LogP contribution in [0.2, 0.25) is 0 Å². The van der Waals surface area contributed by atoms with Gasteiger partial charge in [-0.15, -0.1) is 0 Å². The Morgan fingerprint density at radius 3 is 0.651 bits per heavy atom. The molecule has 0 bridgehead atoms. The van der Waals surface area contributed by atoms with E-state index < -0.39 is 11.2 Å². The van der Waals surface area contributed by atoms with Crippen molar-refractivity contribution in [2.24, 2.45) is 0 Å². The Hall–Kier alpha value is -5.36. The lowest BCUT2D eigenvalue weighted by Crippen LogP contribution is -2.42. The van der Waals surface area contributed by atoms with E-state index in [1.165, 1.54) is 0 Å². The highest BCUT2D eigenvalue weighted by Gasteiger charge is 2.54. The molecule has 6 aromatic carbocycles. The molecule has 0 fully saturated rings. The van der Waals surface area contributed by atoms with Crippen LogP contribution >= 0.6 is 0 Å². The fraction of sp³-hybridized carbons (Fsp3) is 0.0526. The Morgan fingerprint density at radius 1 is 0.256 bits per heavy atom. The third-order valence-electron chi connectivity index (χ3n) is 8.55. The Labute approximate surface area is 248 Å². The summed E-state index contributed by atoms with van der Waals surface area (Å²) in [5, 5.41) is 0. The molecule has 206 valence electrons. The molecule has 0 aliphatic carbocycles. The average molecular weight is 561 g/mol. The highest BCUT2D eigenvalue weighted by molar-refractivity contribution is 5.67. The fourth-order valence-electron chi connectivity index (χ4n) is 6.70. The monoisotopic (exact) mass is 560 g/mol. The highest BCUT2D eigenvalue weighted by Crippen LogP contribution is 2.60. The van der Waals surface area contributed by atoms with E-state index >= 15 is 0 Å². The molecule has 0 saturated heterocycles. The predicted octanol–water partition coefficient (Wildman–Crippen LogP) is 9.24. The normalized spacial score (nSPS) is 16.2. The number of rotatable bonds is 0. The minimum Gasteiger partial charge on any atom is -0.457 e. The van der Waals surface area contributed by atoms with Crippen molar-refractivity contribution in [3.05, 3.63) is 179 Å². The Kier molecular flexibility index (Phi) is 5.12. The molecule has 0 radical (unpaired) electrons. The second-order valence-electron chi connectivity index (χ2n) is 10.8. The standard InChI is InChI=1S/C38H24O5/c1-7-19-31-25(13-1)37(26-14-2-8-20-32(26)39-31)29-17-5-11-23-35(29)41-36-24-12-6-18-30(36)38(43-42-37)27-15-3-9-21-33(27)40-34-22-10-4-16-28(34)38/h1-24H. The van der Waals surface area contributed by atoms with Gasteiger partial charge in [0.25, 0.3) is 0 Å². The summed E-state index contributed by atoms with van der Waals surface area (Å²) < 4.78 is 19.8. The van der Waals surface area contributed by atoms with E-state index in [0.29, 0.717) is 34.5 Å². The van der Waals surface area contributed by atoms with E-state index in [-0.39, 0.29) is 0 Å². The lowest BCUT2D eigenvalue weighted by Gasteiger charge is -2.43. The number of para-hydroxylation sites is 6. The SMILES string of the molecule is c1ccc2c(c1)Oc1ccccc1C21OOC2(c3ccccc3Oc3ccccc32)c2ccccc2Oc2ccccc21. The molecule has 0 saturated carbocycles. The molecule has 0 unspecified atom stereocenters. The molecule has 0 aromatic heterocycles. The Balaban J connectivity index is 1.42. The van der Waals surface area contributed by atoms with Crippen molar-refractivity contribution in [3.8, 4) is 34.5 Å². The van der Waals surface area contributed by atoms with E-state index in [9.17, 15) is 0 Å². The first-order valence-corrected chi connectivity index (χ1v) is 14.3. The van der Waals surface area contributed by atoms with E-state index in [4.69, 9.17) is 24.0 Å². The van der Waals surface area contributed by atoms with Crippen LogP contribution in [-0.2, 0) is 21.0 Å². The summed E-state index contributed by atoms with van der Waals surface area (Å²) in [7, 11) is 0. The summed E-state index contributed by atoms with van der Waals surface area (Å²) in [6, 6.07) is 47.6. The maximum absolute atomic E-state index is 7.12. The summed E-state index contributed by atoms with van der Waals surface area (Å²) in [6.45, 7) is 0. The minimum atomic E-state index is -1.25. The summed E-state index contributed by atoms with van der Waals surface area (Å²) >= 11 is 0. The number of ether oxygens (including phenoxy) is 3. The van der Waals surface area contributed by atoms with Gasteiger partial charge < -0.3 is 14.2 Å². The van der Waals surface area contributed by atoms with Gasteiger partial charge >= 0.3 is 0 Å². The smallest absolute Gasteiger partial charge is 0.189 e. The van der Waals surface area contributed by atoms with Crippen LogP contribution in [0.5, 0.6) is 34.5 Å². The van der Waals surface area contributed by atoms with Gasteiger partial charge in [0, 0.05) is 33.4 Å². The lowest BCUT2D eigenvalue weighted by molar-refractivity contribution is -0.389. The molecule has 5 nitrogen and oxygen atoms in total. The fourth-order valence-corrected chi connectivity index (χ4v) is 6.70. The predicted molar refractivity (Wildman–Crippen MR) is 161 cm³/mol. The maximum Gasteiger partial charge on any atom is 0.189 e. The van der Waals surface area contributed by atoms with Crippen molar-refractivity contribution in [1.82, 2.24) is 0 Å². The van der Waals surface area contributed by atoms with E-state index in [1.54, 1.807) is 0 Å². The Morgan fingerprint density at radius 2 is 0.442 bits per heavy atom. The molecule has 3 heterocycles. The van der Waals surface area contributed by atoms with Crippen LogP contribution in [0.25, 0.3) is 0 Å². The third-order valence-corrected chi connectivity index (χ3v) is 8.55. The summed E-state index contributed by atoms with van der Waals surface area (Å²) in [5.41, 5.74) is 2.30. The van der Waals surface area contributed by atoms with Crippen LogP contribution < -0.4 is 14.2 Å². The average Bonchev–Trinajstić information content (AvgIpc) is 3.11. The van der Waals surface area contributed by atoms with Gasteiger partial charge in [-0.05, 0) is 36.4 Å². The number of benzene rings is 6. The van der Waals surface area contributed by atoms with Gasteiger partial charge in [0.05, 0.1) is 0 Å². The maximum atomic E-state index is 7.12. The van der Waals surface area contributed by atoms with Crippen LogP contribution in [0.15, 0.2) is 146 Å². The second-order valence-corrected chi connectivity index (χ2v) is 10.8. The van der Waals surface area contributed by atoms with Crippen LogP contribution in [0, 0.1) is 0 Å². The molecule has 3 aliphatic rings. The van der Waals surface area contributed by atoms with Gasteiger partial charge in [0.15, 0.2) is 11.2 Å². The van der Waals surface area contributed by atoms with Crippen LogP contribution in [-0.4, -0.2) is 0 Å². The summed E-state index contributed by atoms with van der Waals surface area (Å²) in [5.74, 6) is 4.01. The molecule has 43 heavy (non-hydrogen) atoms. The van der Waals surface area contributed by atoms with Gasteiger partial charge in [-0.3, -0.25) is 0 Å². The van der Waals surface area contributed by atoms with Gasteiger partial charge in [0.1, 0.15) is 34.5 Å². The first-order valence-electron chi connectivity index (χ1n) is 14.3. The zero-order valence-electron chi connectivity index (χ0n) is 22.9. The van der Waals surface area contributed by atoms with E-state index in [1.807, 2.05) is 146 Å². The molecule has 0 N–H and O–H groups in total. The van der Waals surface area contributed by atoms with Gasteiger partial charge in [-0.25, -0.2) is 9.78 Å². The van der Waals surface area contributed by atoms with Crippen molar-refractivity contribution in [3.63, 3.8) is 0 Å². The van der Waals surface area contributed by atoms with Crippen molar-refractivity contribution in [1.29, 1.82) is 0 Å². The minimum absolute atomic E-state index is 0.649. The molecule has 6 aromatic rings. The molecule has 5 heteroatoms. The number of hydrogen-bond acceptors (Lipinski definition) is 5. The summed E-state index contributed by atoms with van der Waals surface area (Å²) in [6.07, 6.45) is 0. The Bertz CT molecular complexity index is 1810. The van der Waals surface area contributed by atoms with Gasteiger partial charge in [0.2, 0.25) is 0 Å². The first kappa shape index (κ1) is 24.3. The van der Waals surface area contributed by atoms with Crippen molar-refractivity contribution < 1.29 is 24.0 Å². The molecule has 3 aliphatic heterocycles. The molecule has 2 spiro atoms. The molecule has 0 amide bonds. The van der Waals surface area contributed by atoms with Crippen LogP contribution in [0.3, 0.4) is 0 Å². The van der Waals surface area contributed by atoms with Crippen molar-refractivity contribution >= 4 is 0 Å². The van der Waals surface area contributed by atoms with E-state index in [0.717, 1.165) is 33.4 Å². The molecular formula is C38H24O5. The largest absolute Gasteiger partial charge is 0.457 e.